The maximum absolute atomic E-state index is 12.2. The van der Waals surface area contributed by atoms with E-state index in [4.69, 9.17) is 10.3 Å². The van der Waals surface area contributed by atoms with Gasteiger partial charge in [-0.1, -0.05) is 5.16 Å². The first kappa shape index (κ1) is 13.5. The predicted octanol–water partition coefficient (Wildman–Crippen LogP) is 0.840. The van der Waals surface area contributed by atoms with Crippen LogP contribution in [0.15, 0.2) is 9.42 Å². The highest BCUT2D eigenvalue weighted by Gasteiger charge is 2.28. The van der Waals surface area contributed by atoms with Crippen LogP contribution in [0.3, 0.4) is 0 Å². The lowest BCUT2D eigenvalue weighted by molar-refractivity contribution is 0.372. The van der Waals surface area contributed by atoms with Gasteiger partial charge in [-0.3, -0.25) is 0 Å². The van der Waals surface area contributed by atoms with Crippen molar-refractivity contribution >= 4 is 10.0 Å². The highest BCUT2D eigenvalue weighted by atomic mass is 32.2. The first-order valence-electron chi connectivity index (χ1n) is 6.11. The third-order valence-corrected chi connectivity index (χ3v) is 5.09. The van der Waals surface area contributed by atoms with Crippen molar-refractivity contribution in [3.63, 3.8) is 0 Å². The van der Waals surface area contributed by atoms with E-state index < -0.39 is 10.0 Å². The minimum absolute atomic E-state index is 0.0384. The minimum Gasteiger partial charge on any atom is -0.360 e. The zero-order valence-electron chi connectivity index (χ0n) is 10.6. The van der Waals surface area contributed by atoms with Crippen LogP contribution in [-0.4, -0.2) is 25.7 Å². The SMILES string of the molecule is Cc1noc(C)c1S(=O)(=O)NC1CCC(N)CC1. The Morgan fingerprint density at radius 2 is 1.89 bits per heavy atom. The molecular formula is C11H19N3O3S. The van der Waals surface area contributed by atoms with E-state index in [0.717, 1.165) is 25.7 Å². The second kappa shape index (κ2) is 4.99. The predicted molar refractivity (Wildman–Crippen MR) is 66.5 cm³/mol. The fourth-order valence-corrected chi connectivity index (χ4v) is 4.01. The second-order valence-corrected chi connectivity index (χ2v) is 6.54. The molecule has 0 unspecified atom stereocenters. The van der Waals surface area contributed by atoms with Gasteiger partial charge in [-0.05, 0) is 39.5 Å². The number of aromatic nitrogens is 1. The summed E-state index contributed by atoms with van der Waals surface area (Å²) in [4.78, 5) is 0.164. The average molecular weight is 273 g/mol. The summed E-state index contributed by atoms with van der Waals surface area (Å²) in [6.45, 7) is 3.23. The van der Waals surface area contributed by atoms with E-state index in [2.05, 4.69) is 9.88 Å². The Labute approximate surface area is 107 Å². The molecule has 1 heterocycles. The van der Waals surface area contributed by atoms with Crippen molar-refractivity contribution in [1.29, 1.82) is 0 Å². The van der Waals surface area contributed by atoms with E-state index >= 15 is 0 Å². The van der Waals surface area contributed by atoms with Crippen LogP contribution in [-0.2, 0) is 10.0 Å². The maximum Gasteiger partial charge on any atom is 0.246 e. The molecule has 0 aliphatic heterocycles. The topological polar surface area (TPSA) is 98.2 Å². The summed E-state index contributed by atoms with van der Waals surface area (Å²) in [6, 6.07) is 0.160. The first-order chi connectivity index (χ1) is 8.40. The average Bonchev–Trinajstić information content (AvgIpc) is 2.62. The van der Waals surface area contributed by atoms with Crippen molar-refractivity contribution in [2.45, 2.75) is 56.5 Å². The van der Waals surface area contributed by atoms with Gasteiger partial charge in [-0.25, -0.2) is 13.1 Å². The highest BCUT2D eigenvalue weighted by Crippen LogP contribution is 2.22. The smallest absolute Gasteiger partial charge is 0.246 e. The molecule has 0 atom stereocenters. The zero-order valence-corrected chi connectivity index (χ0v) is 11.5. The molecule has 2 rings (SSSR count). The molecule has 1 saturated carbocycles. The summed E-state index contributed by atoms with van der Waals surface area (Å²) in [5.41, 5.74) is 6.20. The van der Waals surface area contributed by atoms with Gasteiger partial charge in [0.1, 0.15) is 10.6 Å². The maximum atomic E-state index is 12.2. The Hall–Kier alpha value is -0.920. The molecule has 0 spiro atoms. The van der Waals surface area contributed by atoms with Gasteiger partial charge in [0.2, 0.25) is 10.0 Å². The number of rotatable bonds is 3. The third-order valence-electron chi connectivity index (χ3n) is 3.33. The Morgan fingerprint density at radius 3 is 2.39 bits per heavy atom. The monoisotopic (exact) mass is 273 g/mol. The van der Waals surface area contributed by atoms with Crippen LogP contribution < -0.4 is 10.5 Å². The quantitative estimate of drug-likeness (QED) is 0.850. The van der Waals surface area contributed by atoms with Gasteiger partial charge in [-0.15, -0.1) is 0 Å². The molecule has 0 amide bonds. The van der Waals surface area contributed by atoms with Crippen molar-refractivity contribution in [3.8, 4) is 0 Å². The molecule has 102 valence electrons. The number of nitrogens with zero attached hydrogens (tertiary/aromatic N) is 1. The van der Waals surface area contributed by atoms with Gasteiger partial charge in [0.25, 0.3) is 0 Å². The zero-order chi connectivity index (χ0) is 13.3. The molecule has 1 aliphatic rings. The summed E-state index contributed by atoms with van der Waals surface area (Å²) in [7, 11) is -3.54. The Balaban J connectivity index is 2.13. The summed E-state index contributed by atoms with van der Waals surface area (Å²) in [6.07, 6.45) is 3.27. The molecule has 1 aliphatic carbocycles. The van der Waals surface area contributed by atoms with E-state index in [1.54, 1.807) is 13.8 Å². The van der Waals surface area contributed by atoms with Gasteiger partial charge in [-0.2, -0.15) is 0 Å². The lowest BCUT2D eigenvalue weighted by atomic mass is 9.93. The van der Waals surface area contributed by atoms with Crippen LogP contribution in [0.1, 0.15) is 37.1 Å². The summed E-state index contributed by atoms with van der Waals surface area (Å²) >= 11 is 0. The van der Waals surface area contributed by atoms with Gasteiger partial charge in [0, 0.05) is 12.1 Å². The molecule has 0 saturated heterocycles. The molecule has 1 aromatic rings. The second-order valence-electron chi connectivity index (χ2n) is 4.89. The number of nitrogens with two attached hydrogens (primary N) is 1. The molecule has 3 N–H and O–H groups in total. The molecule has 0 bridgehead atoms. The molecule has 18 heavy (non-hydrogen) atoms. The van der Waals surface area contributed by atoms with Crippen LogP contribution in [0.4, 0.5) is 0 Å². The van der Waals surface area contributed by atoms with Gasteiger partial charge >= 0.3 is 0 Å². The van der Waals surface area contributed by atoms with E-state index in [1.807, 2.05) is 0 Å². The fourth-order valence-electron chi connectivity index (χ4n) is 2.37. The van der Waals surface area contributed by atoms with Crippen LogP contribution in [0, 0.1) is 13.8 Å². The van der Waals surface area contributed by atoms with Crippen molar-refractivity contribution < 1.29 is 12.9 Å². The first-order valence-corrected chi connectivity index (χ1v) is 7.59. The largest absolute Gasteiger partial charge is 0.360 e. The third kappa shape index (κ3) is 2.73. The number of nitrogens with one attached hydrogen (secondary N) is 1. The summed E-state index contributed by atoms with van der Waals surface area (Å²) < 4.78 is 32.1. The van der Waals surface area contributed by atoms with Gasteiger partial charge in [0.05, 0.1) is 0 Å². The standard InChI is InChI=1S/C11H19N3O3S/c1-7-11(8(2)17-13-7)18(15,16)14-10-5-3-9(12)4-6-10/h9-10,14H,3-6,12H2,1-2H3. The van der Waals surface area contributed by atoms with Gasteiger partial charge in [0.15, 0.2) is 5.76 Å². The van der Waals surface area contributed by atoms with Crippen LogP contribution in [0.2, 0.25) is 0 Å². The van der Waals surface area contributed by atoms with Crippen molar-refractivity contribution in [1.82, 2.24) is 9.88 Å². The number of aryl methyl sites for hydroxylation is 2. The number of sulfonamides is 1. The van der Waals surface area contributed by atoms with E-state index in [-0.39, 0.29) is 17.0 Å². The Bertz CT molecular complexity index is 496. The van der Waals surface area contributed by atoms with Gasteiger partial charge < -0.3 is 10.3 Å². The van der Waals surface area contributed by atoms with Crippen LogP contribution in [0.25, 0.3) is 0 Å². The molecule has 6 nitrogen and oxygen atoms in total. The number of hydrogen-bond donors (Lipinski definition) is 2. The van der Waals surface area contributed by atoms with E-state index in [9.17, 15) is 8.42 Å². The molecule has 0 aromatic carbocycles. The van der Waals surface area contributed by atoms with Crippen LogP contribution in [0.5, 0.6) is 0 Å². The van der Waals surface area contributed by atoms with Crippen molar-refractivity contribution in [2.24, 2.45) is 5.73 Å². The van der Waals surface area contributed by atoms with E-state index in [0.29, 0.717) is 11.5 Å². The fraction of sp³-hybridized carbons (Fsp3) is 0.727. The Morgan fingerprint density at radius 1 is 1.28 bits per heavy atom. The minimum atomic E-state index is -3.54. The highest BCUT2D eigenvalue weighted by molar-refractivity contribution is 7.89. The molecule has 1 fully saturated rings. The van der Waals surface area contributed by atoms with Crippen molar-refractivity contribution in [3.05, 3.63) is 11.5 Å². The summed E-state index contributed by atoms with van der Waals surface area (Å²) in [5.74, 6) is 0.326. The lowest BCUT2D eigenvalue weighted by Gasteiger charge is -2.26. The molecule has 1 aromatic heterocycles. The number of hydrogen-bond acceptors (Lipinski definition) is 5. The summed E-state index contributed by atoms with van der Waals surface area (Å²) in [5, 5.41) is 3.67. The molecule has 7 heteroatoms. The van der Waals surface area contributed by atoms with Crippen LogP contribution >= 0.6 is 0 Å². The van der Waals surface area contributed by atoms with E-state index in [1.165, 1.54) is 0 Å². The lowest BCUT2D eigenvalue weighted by Crippen LogP contribution is -2.40. The molecular weight excluding hydrogens is 254 g/mol. The normalized spacial score (nSPS) is 25.3. The molecule has 0 radical (unpaired) electrons. The Kier molecular flexibility index (Phi) is 3.74. The van der Waals surface area contributed by atoms with Crippen molar-refractivity contribution in [2.75, 3.05) is 0 Å².